The van der Waals surface area contributed by atoms with E-state index in [9.17, 15) is 0 Å². The minimum Gasteiger partial charge on any atom is -0.208 e. The summed E-state index contributed by atoms with van der Waals surface area (Å²) < 4.78 is 0. The molecular formula is C45H37N3. The molecule has 3 heteroatoms. The van der Waals surface area contributed by atoms with E-state index in [1.165, 1.54) is 23.1 Å². The van der Waals surface area contributed by atoms with Crippen LogP contribution in [-0.2, 0) is 0 Å². The number of fused-ring (bicyclic) bond motifs is 5. The van der Waals surface area contributed by atoms with Crippen molar-refractivity contribution >= 4 is 11.1 Å². The van der Waals surface area contributed by atoms with Crippen LogP contribution in [0.25, 0.3) is 45.0 Å². The second-order valence-corrected chi connectivity index (χ2v) is 13.3. The van der Waals surface area contributed by atoms with E-state index >= 15 is 0 Å². The summed E-state index contributed by atoms with van der Waals surface area (Å²) in [5, 5.41) is 0. The molecule has 5 aliphatic rings. The van der Waals surface area contributed by atoms with Crippen LogP contribution in [0.3, 0.4) is 0 Å². The fourth-order valence-electron chi connectivity index (χ4n) is 8.27. The molecule has 4 atom stereocenters. The summed E-state index contributed by atoms with van der Waals surface area (Å²) in [5.74, 6) is 3.89. The number of benzene rings is 3. The van der Waals surface area contributed by atoms with E-state index in [1.807, 2.05) is 18.2 Å². The first-order valence-corrected chi connectivity index (χ1v) is 17.3. The van der Waals surface area contributed by atoms with Gasteiger partial charge in [0, 0.05) is 28.5 Å². The molecule has 1 aromatic heterocycles. The highest BCUT2D eigenvalue weighted by atomic mass is 15.0. The Morgan fingerprint density at radius 3 is 2.04 bits per heavy atom. The van der Waals surface area contributed by atoms with Crippen molar-refractivity contribution in [2.45, 2.75) is 25.7 Å². The first-order chi connectivity index (χ1) is 23.8. The Kier molecular flexibility index (Phi) is 7.39. The third-order valence-electron chi connectivity index (χ3n) is 10.5. The van der Waals surface area contributed by atoms with Crippen molar-refractivity contribution in [2.75, 3.05) is 0 Å². The quantitative estimate of drug-likeness (QED) is 0.223. The molecule has 3 nitrogen and oxygen atoms in total. The molecule has 3 aromatic carbocycles. The third-order valence-corrected chi connectivity index (χ3v) is 10.5. The molecule has 0 bridgehead atoms. The lowest BCUT2D eigenvalue weighted by Crippen LogP contribution is -2.35. The summed E-state index contributed by atoms with van der Waals surface area (Å²) >= 11 is 0. The van der Waals surface area contributed by atoms with Gasteiger partial charge in [-0.25, -0.2) is 15.0 Å². The van der Waals surface area contributed by atoms with Crippen molar-refractivity contribution in [1.29, 1.82) is 0 Å². The summed E-state index contributed by atoms with van der Waals surface area (Å²) in [5.41, 5.74) is 11.1. The largest absolute Gasteiger partial charge is 0.208 e. The lowest BCUT2D eigenvalue weighted by Gasteiger charge is -2.45. The van der Waals surface area contributed by atoms with Gasteiger partial charge in [0.05, 0.1) is 0 Å². The van der Waals surface area contributed by atoms with Gasteiger partial charge in [0.15, 0.2) is 17.5 Å². The van der Waals surface area contributed by atoms with Crippen molar-refractivity contribution in [3.8, 4) is 33.9 Å². The molecule has 5 aliphatic carbocycles. The molecule has 0 saturated carbocycles. The molecule has 0 spiro atoms. The molecule has 0 amide bonds. The highest BCUT2D eigenvalue weighted by Crippen LogP contribution is 2.52. The normalized spacial score (nSPS) is 23.7. The minimum atomic E-state index is 0.414. The molecule has 9 rings (SSSR count). The fraction of sp³-hybridized carbons (Fsp3) is 0.178. The zero-order valence-electron chi connectivity index (χ0n) is 26.9. The van der Waals surface area contributed by atoms with Gasteiger partial charge in [0.2, 0.25) is 0 Å². The van der Waals surface area contributed by atoms with E-state index in [4.69, 9.17) is 15.0 Å². The number of hydrogen-bond donors (Lipinski definition) is 0. The van der Waals surface area contributed by atoms with Crippen LogP contribution in [0.4, 0.5) is 0 Å². The third kappa shape index (κ3) is 5.11. The second kappa shape index (κ2) is 12.3. The standard InChI is InChI=1S/C45H37N3/c1-3-15-30(16-4-1)43-46-44(31-17-5-2-6-18-31)48-45(47-43)41-26-14-13-24-38(41)34-20-8-7-19-33(34)32-27-28-40-37-23-10-9-21-35(37)36-22-11-12-25-39(36)42(40)29-32/h1,3-5,7-8,10-20,22-29,36,39-40,42H,2,6,9,21H2/t36?,39-,40+,42?/m1/s1. The van der Waals surface area contributed by atoms with Gasteiger partial charge in [-0.05, 0) is 65.4 Å². The highest BCUT2D eigenvalue weighted by Gasteiger charge is 2.41. The summed E-state index contributed by atoms with van der Waals surface area (Å²) in [6.07, 6.45) is 32.5. The van der Waals surface area contributed by atoms with Gasteiger partial charge >= 0.3 is 0 Å². The molecule has 0 fully saturated rings. The molecule has 4 aromatic rings. The first-order valence-electron chi connectivity index (χ1n) is 17.3. The lowest BCUT2D eigenvalue weighted by molar-refractivity contribution is 0.317. The Labute approximate surface area is 282 Å². The molecule has 2 unspecified atom stereocenters. The average Bonchev–Trinajstić information content (AvgIpc) is 3.18. The van der Waals surface area contributed by atoms with Crippen molar-refractivity contribution in [3.63, 3.8) is 0 Å². The van der Waals surface area contributed by atoms with Gasteiger partial charge in [-0.2, -0.15) is 0 Å². The van der Waals surface area contributed by atoms with Crippen LogP contribution in [0.5, 0.6) is 0 Å². The van der Waals surface area contributed by atoms with Crippen molar-refractivity contribution < 1.29 is 0 Å². The van der Waals surface area contributed by atoms with Gasteiger partial charge < -0.3 is 0 Å². The zero-order valence-corrected chi connectivity index (χ0v) is 26.9. The van der Waals surface area contributed by atoms with E-state index in [1.54, 1.807) is 11.1 Å². The lowest BCUT2D eigenvalue weighted by atomic mass is 9.59. The Hall–Kier alpha value is -5.41. The number of hydrogen-bond acceptors (Lipinski definition) is 3. The van der Waals surface area contributed by atoms with Crippen LogP contribution in [0, 0.1) is 23.7 Å². The van der Waals surface area contributed by atoms with E-state index in [0.29, 0.717) is 41.1 Å². The van der Waals surface area contributed by atoms with Crippen LogP contribution in [0.15, 0.2) is 163 Å². The summed E-state index contributed by atoms with van der Waals surface area (Å²) in [6.45, 7) is 0. The molecular weight excluding hydrogens is 583 g/mol. The zero-order chi connectivity index (χ0) is 31.9. The van der Waals surface area contributed by atoms with Crippen LogP contribution < -0.4 is 0 Å². The summed E-state index contributed by atoms with van der Waals surface area (Å²) in [6, 6.07) is 27.6. The summed E-state index contributed by atoms with van der Waals surface area (Å²) in [7, 11) is 0. The molecule has 1 heterocycles. The van der Waals surface area contributed by atoms with Gasteiger partial charge in [0.25, 0.3) is 0 Å². The molecule has 0 saturated heterocycles. The van der Waals surface area contributed by atoms with Crippen LogP contribution in [-0.4, -0.2) is 15.0 Å². The van der Waals surface area contributed by atoms with Gasteiger partial charge in [-0.15, -0.1) is 0 Å². The minimum absolute atomic E-state index is 0.414. The van der Waals surface area contributed by atoms with Crippen molar-refractivity contribution in [3.05, 3.63) is 174 Å². The van der Waals surface area contributed by atoms with Crippen LogP contribution in [0.2, 0.25) is 0 Å². The Balaban J connectivity index is 1.16. The molecule has 232 valence electrons. The fourth-order valence-corrected chi connectivity index (χ4v) is 8.27. The van der Waals surface area contributed by atoms with Gasteiger partial charge in [0.1, 0.15) is 0 Å². The van der Waals surface area contributed by atoms with Gasteiger partial charge in [-0.3, -0.25) is 0 Å². The maximum Gasteiger partial charge on any atom is 0.164 e. The SMILES string of the molecule is C1=CC2C3=C(C=CCC3)[C@@H]3C=CC(c4ccccc4-c4ccccc4-c4nc(C5=CCCC=C5)nc(-c5ccccc5)n4)=CC3[C@@H]2C=C1. The predicted octanol–water partition coefficient (Wildman–Crippen LogP) is 10.8. The maximum atomic E-state index is 5.12. The number of nitrogens with zero attached hydrogens (tertiary/aromatic N) is 3. The van der Waals surface area contributed by atoms with Crippen LogP contribution >= 0.6 is 0 Å². The Morgan fingerprint density at radius 1 is 0.500 bits per heavy atom. The number of rotatable bonds is 5. The number of allylic oxidation sites excluding steroid dienone is 16. The van der Waals surface area contributed by atoms with E-state index in [-0.39, 0.29) is 0 Å². The van der Waals surface area contributed by atoms with E-state index < -0.39 is 0 Å². The Morgan fingerprint density at radius 2 is 1.21 bits per heavy atom. The maximum absolute atomic E-state index is 5.12. The van der Waals surface area contributed by atoms with Gasteiger partial charge in [-0.1, -0.05) is 157 Å². The highest BCUT2D eigenvalue weighted by molar-refractivity contribution is 5.91. The Bertz CT molecular complexity index is 2150. The van der Waals surface area contributed by atoms with E-state index in [2.05, 4.69) is 134 Å². The van der Waals surface area contributed by atoms with Crippen molar-refractivity contribution in [2.24, 2.45) is 23.7 Å². The van der Waals surface area contributed by atoms with Crippen molar-refractivity contribution in [1.82, 2.24) is 15.0 Å². The first kappa shape index (κ1) is 28.8. The second-order valence-electron chi connectivity index (χ2n) is 13.3. The topological polar surface area (TPSA) is 38.7 Å². The van der Waals surface area contributed by atoms with Crippen LogP contribution in [0.1, 0.15) is 37.1 Å². The molecule has 0 aliphatic heterocycles. The predicted molar refractivity (Wildman–Crippen MR) is 197 cm³/mol. The van der Waals surface area contributed by atoms with E-state index in [0.717, 1.165) is 41.5 Å². The molecule has 0 radical (unpaired) electrons. The monoisotopic (exact) mass is 619 g/mol. The number of aromatic nitrogens is 3. The average molecular weight is 620 g/mol. The summed E-state index contributed by atoms with van der Waals surface area (Å²) in [4.78, 5) is 15.2. The smallest absolute Gasteiger partial charge is 0.164 e. The molecule has 48 heavy (non-hydrogen) atoms. The molecule has 0 N–H and O–H groups in total.